The molecule has 1 aromatic carbocycles. The lowest BCUT2D eigenvalue weighted by molar-refractivity contribution is 0.583. The average molecular weight is 379 g/mol. The van der Waals surface area contributed by atoms with Gasteiger partial charge in [0.25, 0.3) is 0 Å². The molecule has 0 saturated carbocycles. The van der Waals surface area contributed by atoms with Crippen molar-refractivity contribution in [1.82, 2.24) is 31.3 Å². The van der Waals surface area contributed by atoms with Crippen LogP contribution in [-0.2, 0) is 0 Å². The molecule has 0 fully saturated rings. The van der Waals surface area contributed by atoms with E-state index in [9.17, 15) is 0 Å². The predicted octanol–water partition coefficient (Wildman–Crippen LogP) is 4.36. The molecule has 0 amide bonds. The van der Waals surface area contributed by atoms with Crippen LogP contribution < -0.4 is 10.6 Å². The molecule has 148 valence electrons. The van der Waals surface area contributed by atoms with Gasteiger partial charge < -0.3 is 10.6 Å². The van der Waals surface area contributed by atoms with Gasteiger partial charge in [-0.1, -0.05) is 50.4 Å². The number of tetrazole rings is 1. The normalized spacial score (nSPS) is 12.4. The summed E-state index contributed by atoms with van der Waals surface area (Å²) in [6.07, 6.45) is 3.77. The first-order chi connectivity index (χ1) is 13.3. The summed E-state index contributed by atoms with van der Waals surface area (Å²) in [7, 11) is 1.88. The number of aryl methyl sites for hydroxylation is 1. The van der Waals surface area contributed by atoms with Crippen LogP contribution >= 0.6 is 0 Å². The summed E-state index contributed by atoms with van der Waals surface area (Å²) in [5.74, 6) is 0.595. The number of benzene rings is 1. The van der Waals surface area contributed by atoms with Crippen molar-refractivity contribution >= 4 is 0 Å². The highest BCUT2D eigenvalue weighted by Crippen LogP contribution is 2.26. The molecule has 1 atom stereocenters. The molecule has 0 saturated heterocycles. The molecule has 0 aliphatic carbocycles. The predicted molar refractivity (Wildman–Crippen MR) is 115 cm³/mol. The largest absolute Gasteiger partial charge is 0.392 e. The number of allylic oxidation sites excluding steroid dienone is 2. The fourth-order valence-corrected chi connectivity index (χ4v) is 3.05. The Morgan fingerprint density at radius 3 is 2.61 bits per heavy atom. The molecule has 0 bridgehead atoms. The quantitative estimate of drug-likeness (QED) is 0.536. The van der Waals surface area contributed by atoms with Gasteiger partial charge in [-0.15, -0.1) is 10.2 Å². The summed E-state index contributed by atoms with van der Waals surface area (Å²) in [4.78, 5) is 0. The second kappa shape index (κ2) is 9.69. The lowest BCUT2D eigenvalue weighted by Gasteiger charge is -2.23. The standard InChI is InChI=1S/C22H30N6/c1-8-21(24-18(6)15(3)11-14(2)12-17(5)23-7)20-10-9-19(13-16(20)4)22-25-27-28-26-22/h9-11,13,21,23-24H,3,5-6,8,12H2,1-2,4,7H3,(H,25,26,27,28)/b14-11+/t21-/m0/s1. The minimum Gasteiger partial charge on any atom is -0.392 e. The van der Waals surface area contributed by atoms with Gasteiger partial charge in [0.1, 0.15) is 0 Å². The van der Waals surface area contributed by atoms with Crippen LogP contribution in [0.25, 0.3) is 11.4 Å². The Balaban J connectivity index is 2.11. The van der Waals surface area contributed by atoms with E-state index in [1.807, 2.05) is 13.1 Å². The Morgan fingerprint density at radius 2 is 2.04 bits per heavy atom. The molecule has 6 heteroatoms. The zero-order valence-corrected chi connectivity index (χ0v) is 17.3. The number of rotatable bonds is 10. The summed E-state index contributed by atoms with van der Waals surface area (Å²) in [6, 6.07) is 6.35. The Labute approximate surface area is 167 Å². The number of aromatic nitrogens is 4. The van der Waals surface area contributed by atoms with Crippen molar-refractivity contribution in [3.05, 3.63) is 77.7 Å². The first-order valence-electron chi connectivity index (χ1n) is 9.37. The fourth-order valence-electron chi connectivity index (χ4n) is 3.05. The van der Waals surface area contributed by atoms with Gasteiger partial charge in [0.2, 0.25) is 5.82 Å². The van der Waals surface area contributed by atoms with Crippen molar-refractivity contribution in [2.24, 2.45) is 0 Å². The number of hydrogen-bond acceptors (Lipinski definition) is 5. The third kappa shape index (κ3) is 5.42. The van der Waals surface area contributed by atoms with Gasteiger partial charge in [0.15, 0.2) is 0 Å². The molecule has 0 spiro atoms. The number of H-pyrrole nitrogens is 1. The van der Waals surface area contributed by atoms with E-state index in [0.29, 0.717) is 5.82 Å². The molecule has 0 unspecified atom stereocenters. The first-order valence-corrected chi connectivity index (χ1v) is 9.37. The van der Waals surface area contributed by atoms with Crippen LogP contribution in [0.15, 0.2) is 66.6 Å². The third-order valence-corrected chi connectivity index (χ3v) is 4.66. The molecule has 28 heavy (non-hydrogen) atoms. The lowest BCUT2D eigenvalue weighted by atomic mass is 9.96. The number of aromatic amines is 1. The molecule has 6 nitrogen and oxygen atoms in total. The van der Waals surface area contributed by atoms with E-state index in [-0.39, 0.29) is 6.04 Å². The van der Waals surface area contributed by atoms with E-state index in [4.69, 9.17) is 0 Å². The van der Waals surface area contributed by atoms with Crippen LogP contribution in [0.3, 0.4) is 0 Å². The number of hydrogen-bond donors (Lipinski definition) is 3. The van der Waals surface area contributed by atoms with Gasteiger partial charge in [0, 0.05) is 30.4 Å². The maximum atomic E-state index is 4.18. The van der Waals surface area contributed by atoms with E-state index in [1.165, 1.54) is 11.1 Å². The third-order valence-electron chi connectivity index (χ3n) is 4.66. The minimum atomic E-state index is 0.143. The average Bonchev–Trinajstić information content (AvgIpc) is 3.20. The Hall–Kier alpha value is -3.15. The van der Waals surface area contributed by atoms with Gasteiger partial charge in [0.05, 0.1) is 6.04 Å². The monoisotopic (exact) mass is 378 g/mol. The maximum Gasteiger partial charge on any atom is 0.204 e. The maximum absolute atomic E-state index is 4.18. The highest BCUT2D eigenvalue weighted by molar-refractivity contribution is 5.56. The summed E-state index contributed by atoms with van der Waals surface area (Å²) >= 11 is 0. The summed E-state index contributed by atoms with van der Waals surface area (Å²) in [5.41, 5.74) is 7.18. The summed E-state index contributed by atoms with van der Waals surface area (Å²) < 4.78 is 0. The second-order valence-electron chi connectivity index (χ2n) is 6.94. The van der Waals surface area contributed by atoms with Crippen LogP contribution in [0.2, 0.25) is 0 Å². The van der Waals surface area contributed by atoms with Crippen LogP contribution in [-0.4, -0.2) is 27.7 Å². The van der Waals surface area contributed by atoms with Crippen LogP contribution in [0.5, 0.6) is 0 Å². The Kier molecular flexibility index (Phi) is 7.32. The molecule has 2 rings (SSSR count). The molecule has 1 heterocycles. The van der Waals surface area contributed by atoms with Crippen LogP contribution in [0.1, 0.15) is 43.9 Å². The van der Waals surface area contributed by atoms with Gasteiger partial charge in [-0.3, -0.25) is 0 Å². The van der Waals surface area contributed by atoms with Crippen molar-refractivity contribution in [3.63, 3.8) is 0 Å². The van der Waals surface area contributed by atoms with Crippen molar-refractivity contribution in [1.29, 1.82) is 0 Å². The Bertz CT molecular complexity index is 876. The molecular weight excluding hydrogens is 348 g/mol. The molecule has 0 aliphatic heterocycles. The van der Waals surface area contributed by atoms with E-state index < -0.39 is 0 Å². The van der Waals surface area contributed by atoms with E-state index >= 15 is 0 Å². The molecule has 0 radical (unpaired) electrons. The van der Waals surface area contributed by atoms with Crippen molar-refractivity contribution in [3.8, 4) is 11.4 Å². The Morgan fingerprint density at radius 1 is 1.29 bits per heavy atom. The second-order valence-corrected chi connectivity index (χ2v) is 6.94. The highest BCUT2D eigenvalue weighted by Gasteiger charge is 2.15. The molecule has 1 aromatic heterocycles. The molecule has 3 N–H and O–H groups in total. The molecular formula is C22H30N6. The number of nitrogens with zero attached hydrogens (tertiary/aromatic N) is 3. The molecule has 2 aromatic rings. The van der Waals surface area contributed by atoms with E-state index in [1.54, 1.807) is 0 Å². The minimum absolute atomic E-state index is 0.143. The van der Waals surface area contributed by atoms with Crippen molar-refractivity contribution < 1.29 is 0 Å². The molecule has 0 aliphatic rings. The van der Waals surface area contributed by atoms with Gasteiger partial charge in [-0.2, -0.15) is 5.21 Å². The number of nitrogens with one attached hydrogen (secondary N) is 3. The van der Waals surface area contributed by atoms with Gasteiger partial charge in [-0.05, 0) is 48.2 Å². The SMILES string of the molecule is C=C(C/C(C)=C/C(=C)C(=C)N[C@@H](CC)c1ccc(-c2nn[nH]n2)cc1C)NC. The van der Waals surface area contributed by atoms with E-state index in [0.717, 1.165) is 40.9 Å². The van der Waals surface area contributed by atoms with Crippen molar-refractivity contribution in [2.45, 2.75) is 39.7 Å². The smallest absolute Gasteiger partial charge is 0.204 e. The fraction of sp³-hybridized carbons (Fsp3) is 0.318. The highest BCUT2D eigenvalue weighted by atomic mass is 15.5. The lowest BCUT2D eigenvalue weighted by Crippen LogP contribution is -2.21. The van der Waals surface area contributed by atoms with Crippen LogP contribution in [0.4, 0.5) is 0 Å². The van der Waals surface area contributed by atoms with Gasteiger partial charge in [-0.25, -0.2) is 0 Å². The van der Waals surface area contributed by atoms with Crippen molar-refractivity contribution in [2.75, 3.05) is 7.05 Å². The zero-order chi connectivity index (χ0) is 20.7. The topological polar surface area (TPSA) is 78.5 Å². The first kappa shape index (κ1) is 21.2. The zero-order valence-electron chi connectivity index (χ0n) is 17.3. The van der Waals surface area contributed by atoms with Gasteiger partial charge >= 0.3 is 0 Å². The summed E-state index contributed by atoms with van der Waals surface area (Å²) in [5, 5.41) is 20.8. The van der Waals surface area contributed by atoms with E-state index in [2.05, 4.69) is 90.0 Å². The summed E-state index contributed by atoms with van der Waals surface area (Å²) in [6.45, 7) is 18.6. The van der Waals surface area contributed by atoms with Crippen LogP contribution in [0, 0.1) is 6.92 Å².